The Morgan fingerprint density at radius 1 is 1.03 bits per heavy atom. The van der Waals surface area contributed by atoms with Crippen LogP contribution < -0.4 is 0 Å². The van der Waals surface area contributed by atoms with E-state index in [9.17, 15) is 4.79 Å². The first-order valence-electron chi connectivity index (χ1n) is 11.3. The minimum atomic E-state index is 0.0807. The summed E-state index contributed by atoms with van der Waals surface area (Å²) in [7, 11) is 0. The van der Waals surface area contributed by atoms with Gasteiger partial charge in [0.1, 0.15) is 0 Å². The standard InChI is InChI=1S/C27H27N3OS/c1-2-17-29-19-20(23-15-9-10-16-24(23)29)18-25-26(31)30(22-13-7-4-8-14-22)27(32-25)28-21-11-5-3-6-12-21/h2-3,5-6,9-12,15-16,18-19,22H,1,4,7-8,13-14,17H2/b25-18+,28-27?. The summed E-state index contributed by atoms with van der Waals surface area (Å²) in [4.78, 5) is 21.2. The first-order valence-corrected chi connectivity index (χ1v) is 12.1. The van der Waals surface area contributed by atoms with Gasteiger partial charge in [-0.05, 0) is 48.9 Å². The fraction of sp³-hybridized carbons (Fsp3) is 0.259. The molecular formula is C27H27N3OS. The quantitative estimate of drug-likeness (QED) is 0.324. The van der Waals surface area contributed by atoms with Crippen molar-refractivity contribution in [2.75, 3.05) is 0 Å². The molecule has 1 aliphatic carbocycles. The van der Waals surface area contributed by atoms with E-state index in [1.54, 1.807) is 0 Å². The first kappa shape index (κ1) is 20.8. The third-order valence-electron chi connectivity index (χ3n) is 6.19. The number of thioether (sulfide) groups is 1. The second kappa shape index (κ2) is 9.21. The van der Waals surface area contributed by atoms with Crippen LogP contribution in [0.15, 0.2) is 83.3 Å². The maximum atomic E-state index is 13.6. The SMILES string of the molecule is C=CCn1cc(/C=C2/SC(=Nc3ccccc3)N(C3CCCCC3)C2=O)c2ccccc21. The van der Waals surface area contributed by atoms with Gasteiger partial charge in [0.2, 0.25) is 0 Å². The van der Waals surface area contributed by atoms with Gasteiger partial charge in [-0.25, -0.2) is 4.99 Å². The minimum Gasteiger partial charge on any atom is -0.343 e. The van der Waals surface area contributed by atoms with Crippen molar-refractivity contribution in [3.63, 3.8) is 0 Å². The number of aromatic nitrogens is 1. The average Bonchev–Trinajstić information content (AvgIpc) is 3.33. The molecule has 32 heavy (non-hydrogen) atoms. The zero-order valence-corrected chi connectivity index (χ0v) is 18.9. The fourth-order valence-corrected chi connectivity index (χ4v) is 5.71. The second-order valence-corrected chi connectivity index (χ2v) is 9.36. The molecule has 1 aliphatic heterocycles. The third kappa shape index (κ3) is 4.05. The second-order valence-electron chi connectivity index (χ2n) is 8.35. The molecule has 3 aromatic rings. The van der Waals surface area contributed by atoms with Gasteiger partial charge >= 0.3 is 0 Å². The van der Waals surface area contributed by atoms with E-state index < -0.39 is 0 Å². The first-order chi connectivity index (χ1) is 15.7. The maximum absolute atomic E-state index is 13.6. The van der Waals surface area contributed by atoms with Crippen LogP contribution in [0.4, 0.5) is 5.69 Å². The summed E-state index contributed by atoms with van der Waals surface area (Å²) in [6.07, 6.45) is 11.7. The highest BCUT2D eigenvalue weighted by atomic mass is 32.2. The predicted molar refractivity (Wildman–Crippen MR) is 135 cm³/mol. The molecule has 0 N–H and O–H groups in total. The highest BCUT2D eigenvalue weighted by Gasteiger charge is 2.38. The number of aliphatic imine (C=N–C) groups is 1. The molecule has 162 valence electrons. The Bertz CT molecular complexity index is 1200. The molecule has 2 aliphatic rings. The maximum Gasteiger partial charge on any atom is 0.267 e. The Balaban J connectivity index is 1.56. The number of fused-ring (bicyclic) bond motifs is 1. The van der Waals surface area contributed by atoms with Crippen molar-refractivity contribution in [3.05, 3.63) is 83.9 Å². The average molecular weight is 442 g/mol. The van der Waals surface area contributed by atoms with E-state index in [4.69, 9.17) is 4.99 Å². The third-order valence-corrected chi connectivity index (χ3v) is 7.17. The van der Waals surface area contributed by atoms with Crippen molar-refractivity contribution in [2.45, 2.75) is 44.7 Å². The number of carbonyl (C=O) groups excluding carboxylic acids is 1. The van der Waals surface area contributed by atoms with Crippen molar-refractivity contribution in [1.29, 1.82) is 0 Å². The van der Waals surface area contributed by atoms with Gasteiger partial charge in [-0.2, -0.15) is 0 Å². The number of nitrogens with zero attached hydrogens (tertiary/aromatic N) is 3. The molecule has 0 unspecified atom stereocenters. The number of carbonyl (C=O) groups is 1. The van der Waals surface area contributed by atoms with Crippen LogP contribution in [0.5, 0.6) is 0 Å². The molecule has 0 bridgehead atoms. The van der Waals surface area contributed by atoms with Gasteiger partial charge in [-0.3, -0.25) is 9.69 Å². The summed E-state index contributed by atoms with van der Waals surface area (Å²) < 4.78 is 2.18. The summed E-state index contributed by atoms with van der Waals surface area (Å²) in [6, 6.07) is 18.5. The molecule has 1 saturated carbocycles. The lowest BCUT2D eigenvalue weighted by atomic mass is 9.94. The van der Waals surface area contributed by atoms with Gasteiger partial charge in [-0.15, -0.1) is 6.58 Å². The largest absolute Gasteiger partial charge is 0.343 e. The van der Waals surface area contributed by atoms with Gasteiger partial charge in [0, 0.05) is 35.2 Å². The Morgan fingerprint density at radius 3 is 2.56 bits per heavy atom. The lowest BCUT2D eigenvalue weighted by Crippen LogP contribution is -2.40. The van der Waals surface area contributed by atoms with Crippen molar-refractivity contribution >= 4 is 45.5 Å². The highest BCUT2D eigenvalue weighted by molar-refractivity contribution is 8.18. The van der Waals surface area contributed by atoms with Crippen LogP contribution in [0.1, 0.15) is 37.7 Å². The molecule has 1 saturated heterocycles. The van der Waals surface area contributed by atoms with Gasteiger partial charge in [0.25, 0.3) is 5.91 Å². The zero-order chi connectivity index (χ0) is 21.9. The molecule has 5 heteroatoms. The van der Waals surface area contributed by atoms with Crippen LogP contribution in [0.2, 0.25) is 0 Å². The molecular weight excluding hydrogens is 414 g/mol. The molecule has 2 aromatic carbocycles. The van der Waals surface area contributed by atoms with Crippen LogP contribution in [0, 0.1) is 0 Å². The number of hydrogen-bond acceptors (Lipinski definition) is 3. The van der Waals surface area contributed by atoms with Crippen molar-refractivity contribution in [1.82, 2.24) is 9.47 Å². The van der Waals surface area contributed by atoms with E-state index in [1.165, 1.54) is 31.0 Å². The van der Waals surface area contributed by atoms with Gasteiger partial charge in [0.15, 0.2) is 5.17 Å². The Morgan fingerprint density at radius 2 is 1.78 bits per heavy atom. The van der Waals surface area contributed by atoms with Crippen LogP contribution in [-0.2, 0) is 11.3 Å². The number of benzene rings is 2. The highest BCUT2D eigenvalue weighted by Crippen LogP contribution is 2.39. The summed E-state index contributed by atoms with van der Waals surface area (Å²) in [5.74, 6) is 0.0807. The normalized spacial score (nSPS) is 20.0. The molecule has 2 fully saturated rings. The molecule has 1 aromatic heterocycles. The number of rotatable bonds is 5. The van der Waals surface area contributed by atoms with Crippen LogP contribution >= 0.6 is 11.8 Å². The summed E-state index contributed by atoms with van der Waals surface area (Å²) in [6.45, 7) is 4.62. The molecule has 0 spiro atoms. The van der Waals surface area contributed by atoms with Crippen LogP contribution in [-0.4, -0.2) is 26.6 Å². The van der Waals surface area contributed by atoms with Crippen molar-refractivity contribution in [3.8, 4) is 0 Å². The van der Waals surface area contributed by atoms with Crippen molar-refractivity contribution in [2.24, 2.45) is 4.99 Å². The number of para-hydroxylation sites is 2. The van der Waals surface area contributed by atoms with E-state index >= 15 is 0 Å². The Hall–Kier alpha value is -3.05. The van der Waals surface area contributed by atoms with Crippen LogP contribution in [0.25, 0.3) is 17.0 Å². The molecule has 0 radical (unpaired) electrons. The zero-order valence-electron chi connectivity index (χ0n) is 18.1. The van der Waals surface area contributed by atoms with E-state index in [0.717, 1.165) is 51.6 Å². The molecule has 2 heterocycles. The van der Waals surface area contributed by atoms with Gasteiger partial charge < -0.3 is 4.57 Å². The molecule has 1 amide bonds. The Kier molecular flexibility index (Phi) is 5.99. The molecule has 0 atom stereocenters. The van der Waals surface area contributed by atoms with E-state index in [1.807, 2.05) is 59.5 Å². The van der Waals surface area contributed by atoms with E-state index in [0.29, 0.717) is 0 Å². The van der Waals surface area contributed by atoms with Gasteiger partial charge in [0.05, 0.1) is 10.6 Å². The minimum absolute atomic E-state index is 0.0807. The smallest absolute Gasteiger partial charge is 0.267 e. The monoisotopic (exact) mass is 441 g/mol. The lowest BCUT2D eigenvalue weighted by Gasteiger charge is -2.30. The predicted octanol–water partition coefficient (Wildman–Crippen LogP) is 6.76. The number of amidine groups is 1. The number of allylic oxidation sites excluding steroid dienone is 1. The van der Waals surface area contributed by atoms with E-state index in [-0.39, 0.29) is 11.9 Å². The number of amides is 1. The molecule has 4 nitrogen and oxygen atoms in total. The van der Waals surface area contributed by atoms with E-state index in [2.05, 4.69) is 29.5 Å². The summed E-state index contributed by atoms with van der Waals surface area (Å²) >= 11 is 1.50. The van der Waals surface area contributed by atoms with Crippen molar-refractivity contribution < 1.29 is 4.79 Å². The topological polar surface area (TPSA) is 37.6 Å². The van der Waals surface area contributed by atoms with Gasteiger partial charge in [-0.1, -0.05) is 61.7 Å². The summed E-state index contributed by atoms with van der Waals surface area (Å²) in [5, 5.41) is 1.95. The van der Waals surface area contributed by atoms with Crippen LogP contribution in [0.3, 0.4) is 0 Å². The number of hydrogen-bond donors (Lipinski definition) is 0. The molecule has 5 rings (SSSR count). The summed E-state index contributed by atoms with van der Waals surface area (Å²) in [5.41, 5.74) is 3.09. The fourth-order valence-electron chi connectivity index (χ4n) is 4.66. The Labute approximate surface area is 193 Å². The lowest BCUT2D eigenvalue weighted by molar-refractivity contribution is -0.124.